The van der Waals surface area contributed by atoms with Gasteiger partial charge in [-0.05, 0) is 18.2 Å². The lowest BCUT2D eigenvalue weighted by atomic mass is 10.2. The van der Waals surface area contributed by atoms with Crippen molar-refractivity contribution in [3.05, 3.63) is 45.7 Å². The van der Waals surface area contributed by atoms with Crippen molar-refractivity contribution in [3.8, 4) is 11.3 Å². The van der Waals surface area contributed by atoms with Crippen LogP contribution in [0.5, 0.6) is 0 Å². The SMILES string of the molecule is Cn1c(-c2cccnc2)cc(=S)[nH]c1=O. The standard InChI is InChI=1S/C10H9N3OS/c1-13-8(5-9(15)12-10(13)14)7-3-2-4-11-6-7/h2-6H,1H3,(H,12,14,15). The predicted molar refractivity (Wildman–Crippen MR) is 60.1 cm³/mol. The van der Waals surface area contributed by atoms with Gasteiger partial charge in [-0.25, -0.2) is 4.79 Å². The molecule has 0 atom stereocenters. The maximum absolute atomic E-state index is 11.5. The third-order valence-corrected chi connectivity index (χ3v) is 2.34. The van der Waals surface area contributed by atoms with E-state index in [2.05, 4.69) is 9.97 Å². The molecule has 15 heavy (non-hydrogen) atoms. The van der Waals surface area contributed by atoms with E-state index in [1.54, 1.807) is 25.5 Å². The first-order chi connectivity index (χ1) is 7.18. The van der Waals surface area contributed by atoms with Crippen LogP contribution < -0.4 is 5.69 Å². The molecule has 2 aromatic rings. The molecule has 1 N–H and O–H groups in total. The second-order valence-corrected chi connectivity index (χ2v) is 3.56. The summed E-state index contributed by atoms with van der Waals surface area (Å²) in [7, 11) is 1.69. The van der Waals surface area contributed by atoms with Crippen LogP contribution in [-0.2, 0) is 7.05 Å². The second-order valence-electron chi connectivity index (χ2n) is 3.12. The third-order valence-electron chi connectivity index (χ3n) is 2.12. The molecule has 2 heterocycles. The molecule has 0 aliphatic carbocycles. The summed E-state index contributed by atoms with van der Waals surface area (Å²) in [5.41, 5.74) is 1.41. The number of nitrogens with one attached hydrogen (secondary N) is 1. The molecule has 0 saturated heterocycles. The molecule has 0 bridgehead atoms. The molecule has 0 aromatic carbocycles. The molecule has 0 spiro atoms. The van der Waals surface area contributed by atoms with Crippen LogP contribution in [0, 0.1) is 4.64 Å². The molecule has 0 fully saturated rings. The topological polar surface area (TPSA) is 50.7 Å². The van der Waals surface area contributed by atoms with E-state index in [1.807, 2.05) is 12.1 Å². The highest BCUT2D eigenvalue weighted by Gasteiger charge is 2.02. The van der Waals surface area contributed by atoms with Gasteiger partial charge >= 0.3 is 5.69 Å². The number of aromatic nitrogens is 3. The number of nitrogens with zero attached hydrogens (tertiary/aromatic N) is 2. The average Bonchev–Trinajstić information content (AvgIpc) is 2.24. The minimum atomic E-state index is -0.221. The minimum absolute atomic E-state index is 0.221. The van der Waals surface area contributed by atoms with Gasteiger partial charge in [-0.2, -0.15) is 0 Å². The largest absolute Gasteiger partial charge is 0.326 e. The van der Waals surface area contributed by atoms with E-state index in [0.29, 0.717) is 4.64 Å². The summed E-state index contributed by atoms with van der Waals surface area (Å²) in [5, 5.41) is 0. The third kappa shape index (κ3) is 1.87. The van der Waals surface area contributed by atoms with Crippen molar-refractivity contribution in [1.82, 2.24) is 14.5 Å². The molecule has 0 amide bonds. The summed E-state index contributed by atoms with van der Waals surface area (Å²) < 4.78 is 1.93. The van der Waals surface area contributed by atoms with Crippen LogP contribution in [0.3, 0.4) is 0 Å². The van der Waals surface area contributed by atoms with Gasteiger partial charge in [0.15, 0.2) is 0 Å². The Morgan fingerprint density at radius 1 is 1.53 bits per heavy atom. The maximum atomic E-state index is 11.5. The number of rotatable bonds is 1. The summed E-state index contributed by atoms with van der Waals surface area (Å²) in [4.78, 5) is 18.0. The monoisotopic (exact) mass is 219 g/mol. The summed E-state index contributed by atoms with van der Waals surface area (Å²) in [6, 6.07) is 5.45. The molecule has 5 heteroatoms. The number of H-pyrrole nitrogens is 1. The lowest BCUT2D eigenvalue weighted by Crippen LogP contribution is -2.21. The molecular formula is C10H9N3OS. The van der Waals surface area contributed by atoms with Gasteiger partial charge in [0, 0.05) is 25.0 Å². The zero-order valence-corrected chi connectivity index (χ0v) is 8.91. The zero-order valence-electron chi connectivity index (χ0n) is 8.10. The normalized spacial score (nSPS) is 10.2. The van der Waals surface area contributed by atoms with Gasteiger partial charge in [0.25, 0.3) is 0 Å². The van der Waals surface area contributed by atoms with Crippen LogP contribution in [0.25, 0.3) is 11.3 Å². The number of pyridine rings is 1. The summed E-state index contributed by atoms with van der Waals surface area (Å²) in [5.74, 6) is 0. The molecule has 4 nitrogen and oxygen atoms in total. The fourth-order valence-corrected chi connectivity index (χ4v) is 1.55. The molecule has 0 radical (unpaired) electrons. The quantitative estimate of drug-likeness (QED) is 0.739. The first-order valence-corrected chi connectivity index (χ1v) is 4.80. The lowest BCUT2D eigenvalue weighted by Gasteiger charge is -2.06. The van der Waals surface area contributed by atoms with Crippen LogP contribution in [0.1, 0.15) is 0 Å². The van der Waals surface area contributed by atoms with E-state index >= 15 is 0 Å². The molecule has 0 aliphatic rings. The van der Waals surface area contributed by atoms with E-state index in [-0.39, 0.29) is 5.69 Å². The Morgan fingerprint density at radius 2 is 2.33 bits per heavy atom. The van der Waals surface area contributed by atoms with Crippen molar-refractivity contribution in [2.75, 3.05) is 0 Å². The van der Waals surface area contributed by atoms with Crippen molar-refractivity contribution >= 4 is 12.2 Å². The smallest absolute Gasteiger partial charge is 0.298 e. The molecule has 2 rings (SSSR count). The molecule has 0 unspecified atom stereocenters. The molecule has 0 aliphatic heterocycles. The highest BCUT2D eigenvalue weighted by atomic mass is 32.1. The fourth-order valence-electron chi connectivity index (χ4n) is 1.35. The Kier molecular flexibility index (Phi) is 2.47. The minimum Gasteiger partial charge on any atom is -0.298 e. The van der Waals surface area contributed by atoms with Gasteiger partial charge in [0.05, 0.1) is 5.69 Å². The predicted octanol–water partition coefficient (Wildman–Crippen LogP) is 1.50. The van der Waals surface area contributed by atoms with Gasteiger partial charge in [0.2, 0.25) is 0 Å². The van der Waals surface area contributed by atoms with E-state index in [4.69, 9.17) is 12.2 Å². The van der Waals surface area contributed by atoms with Gasteiger partial charge < -0.3 is 0 Å². The average molecular weight is 219 g/mol. The van der Waals surface area contributed by atoms with Gasteiger partial charge in [0.1, 0.15) is 4.64 Å². The number of hydrogen-bond donors (Lipinski definition) is 1. The van der Waals surface area contributed by atoms with Crippen LogP contribution in [-0.4, -0.2) is 14.5 Å². The van der Waals surface area contributed by atoms with Gasteiger partial charge in [-0.3, -0.25) is 14.5 Å². The summed E-state index contributed by atoms with van der Waals surface area (Å²) in [6.45, 7) is 0. The first-order valence-electron chi connectivity index (χ1n) is 4.39. The Hall–Kier alpha value is -1.75. The molecule has 2 aromatic heterocycles. The second kappa shape index (κ2) is 3.78. The van der Waals surface area contributed by atoms with Crippen LogP contribution >= 0.6 is 12.2 Å². The highest BCUT2D eigenvalue weighted by Crippen LogP contribution is 2.14. The van der Waals surface area contributed by atoms with E-state index in [9.17, 15) is 4.79 Å². The van der Waals surface area contributed by atoms with Gasteiger partial charge in [-0.1, -0.05) is 12.2 Å². The van der Waals surface area contributed by atoms with Crippen molar-refractivity contribution in [2.45, 2.75) is 0 Å². The van der Waals surface area contributed by atoms with Crippen LogP contribution in [0.15, 0.2) is 35.4 Å². The van der Waals surface area contributed by atoms with E-state index in [1.165, 1.54) is 4.57 Å². The molecular weight excluding hydrogens is 210 g/mol. The zero-order chi connectivity index (χ0) is 10.8. The summed E-state index contributed by atoms with van der Waals surface area (Å²) >= 11 is 4.96. The lowest BCUT2D eigenvalue weighted by molar-refractivity contribution is 0.815. The molecule has 76 valence electrons. The van der Waals surface area contributed by atoms with E-state index in [0.717, 1.165) is 11.3 Å². The Morgan fingerprint density at radius 3 is 3.00 bits per heavy atom. The Bertz CT molecular complexity index is 586. The number of aromatic amines is 1. The first kappa shape index (κ1) is 9.79. The maximum Gasteiger partial charge on any atom is 0.326 e. The van der Waals surface area contributed by atoms with E-state index < -0.39 is 0 Å². The van der Waals surface area contributed by atoms with Crippen molar-refractivity contribution < 1.29 is 0 Å². The highest BCUT2D eigenvalue weighted by molar-refractivity contribution is 7.71. The van der Waals surface area contributed by atoms with Crippen molar-refractivity contribution in [1.29, 1.82) is 0 Å². The Balaban J connectivity index is 2.74. The van der Waals surface area contributed by atoms with Crippen LogP contribution in [0.2, 0.25) is 0 Å². The van der Waals surface area contributed by atoms with Crippen molar-refractivity contribution in [2.24, 2.45) is 7.05 Å². The van der Waals surface area contributed by atoms with Gasteiger partial charge in [-0.15, -0.1) is 0 Å². The fraction of sp³-hybridized carbons (Fsp3) is 0.100. The number of hydrogen-bond acceptors (Lipinski definition) is 3. The van der Waals surface area contributed by atoms with Crippen molar-refractivity contribution in [3.63, 3.8) is 0 Å². The Labute approximate surface area is 91.2 Å². The van der Waals surface area contributed by atoms with Crippen LogP contribution in [0.4, 0.5) is 0 Å². The molecule has 0 saturated carbocycles. The summed E-state index contributed by atoms with van der Waals surface area (Å²) in [6.07, 6.45) is 3.38.